The number of hydrogen-bond donors (Lipinski definition) is 1. The number of nitrogens with two attached hydrogens (primary N) is 1. The van der Waals surface area contributed by atoms with Gasteiger partial charge >= 0.3 is 0 Å². The summed E-state index contributed by atoms with van der Waals surface area (Å²) in [7, 11) is -0.0854. The normalized spacial score (nSPS) is 37.5. The fourth-order valence-corrected chi connectivity index (χ4v) is 3.89. The molecule has 3 atom stereocenters. The smallest absolute Gasteiger partial charge is 0.281 e. The highest BCUT2D eigenvalue weighted by Crippen LogP contribution is 2.38. The lowest BCUT2D eigenvalue weighted by Crippen LogP contribution is -2.40. The molecular weight excluding hydrogens is 214 g/mol. The number of hydrogen-bond acceptors (Lipinski definition) is 3. The van der Waals surface area contributed by atoms with Gasteiger partial charge in [-0.25, -0.2) is 0 Å². The van der Waals surface area contributed by atoms with E-state index >= 15 is 0 Å². The van der Waals surface area contributed by atoms with Gasteiger partial charge in [-0.2, -0.15) is 17.0 Å². The average molecular weight is 233 g/mol. The lowest BCUT2D eigenvalue weighted by molar-refractivity contribution is 0.393. The lowest BCUT2D eigenvalue weighted by atomic mass is 9.98. The number of nitrogens with zero attached hydrogens (tertiary/aromatic N) is 2. The Hall–Kier alpha value is -0.170. The van der Waals surface area contributed by atoms with E-state index in [9.17, 15) is 8.42 Å². The van der Waals surface area contributed by atoms with Crippen LogP contribution in [-0.4, -0.2) is 50.3 Å². The van der Waals surface area contributed by atoms with Crippen LogP contribution >= 0.6 is 0 Å². The molecular formula is C9H19N3O2S. The Morgan fingerprint density at radius 3 is 2.47 bits per heavy atom. The highest BCUT2D eigenvalue weighted by atomic mass is 32.2. The highest BCUT2D eigenvalue weighted by molar-refractivity contribution is 7.86. The van der Waals surface area contributed by atoms with Crippen molar-refractivity contribution in [2.75, 3.05) is 27.2 Å². The van der Waals surface area contributed by atoms with E-state index in [1.54, 1.807) is 18.4 Å². The fourth-order valence-electron chi connectivity index (χ4n) is 2.69. The van der Waals surface area contributed by atoms with Crippen LogP contribution in [0, 0.1) is 11.8 Å². The molecule has 6 heteroatoms. The van der Waals surface area contributed by atoms with E-state index < -0.39 is 10.2 Å². The molecule has 0 amide bonds. The molecule has 2 aliphatic rings. The molecule has 1 heterocycles. The Bertz CT molecular complexity index is 341. The van der Waals surface area contributed by atoms with E-state index in [1.165, 1.54) is 4.31 Å². The second kappa shape index (κ2) is 3.69. The van der Waals surface area contributed by atoms with Gasteiger partial charge in [-0.05, 0) is 24.7 Å². The Kier molecular flexibility index (Phi) is 2.79. The van der Waals surface area contributed by atoms with E-state index in [4.69, 9.17) is 5.73 Å². The van der Waals surface area contributed by atoms with Gasteiger partial charge in [0.2, 0.25) is 0 Å². The molecule has 0 bridgehead atoms. The number of rotatable bonds is 2. The van der Waals surface area contributed by atoms with Crippen molar-refractivity contribution in [3.05, 3.63) is 0 Å². The van der Waals surface area contributed by atoms with Gasteiger partial charge in [0.1, 0.15) is 0 Å². The predicted octanol–water partition coefficient (Wildman–Crippen LogP) is -0.538. The van der Waals surface area contributed by atoms with Gasteiger partial charge in [0.05, 0.1) is 0 Å². The molecule has 3 unspecified atom stereocenters. The predicted molar refractivity (Wildman–Crippen MR) is 58.4 cm³/mol. The molecule has 2 N–H and O–H groups in total. The summed E-state index contributed by atoms with van der Waals surface area (Å²) < 4.78 is 26.6. The Morgan fingerprint density at radius 1 is 1.27 bits per heavy atom. The Balaban J connectivity index is 2.11. The molecule has 88 valence electrons. The minimum Gasteiger partial charge on any atom is -0.327 e. The highest BCUT2D eigenvalue weighted by Gasteiger charge is 2.45. The van der Waals surface area contributed by atoms with Crippen molar-refractivity contribution in [1.29, 1.82) is 0 Å². The molecule has 15 heavy (non-hydrogen) atoms. The van der Waals surface area contributed by atoms with Crippen LogP contribution in [0.2, 0.25) is 0 Å². The molecule has 0 spiro atoms. The zero-order valence-electron chi connectivity index (χ0n) is 9.26. The molecule has 0 aromatic heterocycles. The number of fused-ring (bicyclic) bond motifs is 1. The maximum Gasteiger partial charge on any atom is 0.281 e. The molecule has 1 saturated heterocycles. The maximum absolute atomic E-state index is 11.9. The SMILES string of the molecule is CN(C)S(=O)(=O)N1CC2CCC(N)C2C1. The van der Waals surface area contributed by atoms with Crippen LogP contribution in [0.15, 0.2) is 0 Å². The molecule has 5 nitrogen and oxygen atoms in total. The van der Waals surface area contributed by atoms with Gasteiger partial charge in [0.15, 0.2) is 0 Å². The summed E-state index contributed by atoms with van der Waals surface area (Å²) in [5, 5.41) is 0. The second-order valence-corrected chi connectivity index (χ2v) is 6.91. The van der Waals surface area contributed by atoms with Crippen molar-refractivity contribution in [2.45, 2.75) is 18.9 Å². The van der Waals surface area contributed by atoms with Crippen LogP contribution < -0.4 is 5.73 Å². The van der Waals surface area contributed by atoms with E-state index in [2.05, 4.69) is 0 Å². The third kappa shape index (κ3) is 1.80. The Morgan fingerprint density at radius 2 is 1.93 bits per heavy atom. The van der Waals surface area contributed by atoms with E-state index in [0.29, 0.717) is 24.9 Å². The monoisotopic (exact) mass is 233 g/mol. The summed E-state index contributed by atoms with van der Waals surface area (Å²) in [6.45, 7) is 1.26. The topological polar surface area (TPSA) is 66.6 Å². The lowest BCUT2D eigenvalue weighted by Gasteiger charge is -2.22. The minimum absolute atomic E-state index is 0.192. The zero-order valence-corrected chi connectivity index (χ0v) is 10.1. The largest absolute Gasteiger partial charge is 0.327 e. The van der Waals surface area contributed by atoms with Crippen LogP contribution in [-0.2, 0) is 10.2 Å². The van der Waals surface area contributed by atoms with Gasteiger partial charge in [0, 0.05) is 33.2 Å². The molecule has 0 aromatic carbocycles. The quantitative estimate of drug-likeness (QED) is 0.696. The van der Waals surface area contributed by atoms with Gasteiger partial charge < -0.3 is 5.73 Å². The molecule has 1 aliphatic heterocycles. The van der Waals surface area contributed by atoms with Crippen molar-refractivity contribution in [1.82, 2.24) is 8.61 Å². The van der Waals surface area contributed by atoms with Crippen LogP contribution in [0.3, 0.4) is 0 Å². The average Bonchev–Trinajstić information content (AvgIpc) is 2.68. The summed E-state index contributed by atoms with van der Waals surface area (Å²) in [5.41, 5.74) is 5.97. The molecule has 0 aromatic rings. The van der Waals surface area contributed by atoms with E-state index in [-0.39, 0.29) is 6.04 Å². The first kappa shape index (κ1) is 11.3. The molecule has 1 saturated carbocycles. The van der Waals surface area contributed by atoms with Gasteiger partial charge in [-0.3, -0.25) is 0 Å². The summed E-state index contributed by atoms with van der Waals surface area (Å²) in [6, 6.07) is 0.192. The Labute approximate surface area is 91.4 Å². The maximum atomic E-state index is 11.9. The minimum atomic E-state index is -3.23. The summed E-state index contributed by atoms with van der Waals surface area (Å²) in [4.78, 5) is 0. The van der Waals surface area contributed by atoms with Crippen molar-refractivity contribution in [2.24, 2.45) is 17.6 Å². The standard InChI is InChI=1S/C9H19N3O2S/c1-11(2)15(13,14)12-5-7-3-4-9(10)8(7)6-12/h7-9H,3-6,10H2,1-2H3. The van der Waals surface area contributed by atoms with Crippen molar-refractivity contribution >= 4 is 10.2 Å². The third-order valence-corrected chi connectivity index (χ3v) is 5.54. The fraction of sp³-hybridized carbons (Fsp3) is 1.00. The first-order valence-corrected chi connectivity index (χ1v) is 6.76. The summed E-state index contributed by atoms with van der Waals surface area (Å²) >= 11 is 0. The van der Waals surface area contributed by atoms with E-state index in [0.717, 1.165) is 12.8 Å². The van der Waals surface area contributed by atoms with Gasteiger partial charge in [-0.15, -0.1) is 0 Å². The van der Waals surface area contributed by atoms with Crippen LogP contribution in [0.4, 0.5) is 0 Å². The van der Waals surface area contributed by atoms with Crippen molar-refractivity contribution < 1.29 is 8.42 Å². The van der Waals surface area contributed by atoms with Crippen LogP contribution in [0.25, 0.3) is 0 Å². The molecule has 2 fully saturated rings. The van der Waals surface area contributed by atoms with Crippen molar-refractivity contribution in [3.8, 4) is 0 Å². The second-order valence-electron chi connectivity index (χ2n) is 4.77. The molecule has 2 rings (SSSR count). The molecule has 1 aliphatic carbocycles. The van der Waals surface area contributed by atoms with Gasteiger partial charge in [-0.1, -0.05) is 0 Å². The first-order valence-electron chi connectivity index (χ1n) is 5.36. The van der Waals surface area contributed by atoms with Crippen molar-refractivity contribution in [3.63, 3.8) is 0 Å². The summed E-state index contributed by atoms with van der Waals surface area (Å²) in [5.74, 6) is 0.856. The van der Waals surface area contributed by atoms with Crippen LogP contribution in [0.5, 0.6) is 0 Å². The molecule has 0 radical (unpaired) electrons. The first-order chi connectivity index (χ1) is 6.93. The zero-order chi connectivity index (χ0) is 11.2. The summed E-state index contributed by atoms with van der Waals surface area (Å²) in [6.07, 6.45) is 2.12. The third-order valence-electron chi connectivity index (χ3n) is 3.67. The van der Waals surface area contributed by atoms with Gasteiger partial charge in [0.25, 0.3) is 10.2 Å². The van der Waals surface area contributed by atoms with Crippen LogP contribution in [0.1, 0.15) is 12.8 Å². The van der Waals surface area contributed by atoms with E-state index in [1.807, 2.05) is 0 Å².